The van der Waals surface area contributed by atoms with Crippen LogP contribution in [-0.2, 0) is 12.8 Å². The first-order valence-electron chi connectivity index (χ1n) is 13.0. The highest BCUT2D eigenvalue weighted by atomic mass is 15.3. The van der Waals surface area contributed by atoms with Gasteiger partial charge >= 0.3 is 0 Å². The standard InChI is InChI=1S/C32H42N4/c1-8-29-14-16-31(17-15-29)26(5)34-28(7)33-23-25(4)12-13-30-10-9-11-32(22-30)27(6)36-20-18-35(19-21-36)24(2)3/h9-11,14-17,22-23H,2,5-6,8,12-13,18-21H2,1,3-4,7H3,(H,33,34)/b25-23+. The third kappa shape index (κ3) is 7.74. The molecule has 3 rings (SSSR count). The fourth-order valence-electron chi connectivity index (χ4n) is 4.32. The minimum atomic E-state index is 0.837. The molecular formula is C32H42N4. The van der Waals surface area contributed by atoms with Crippen molar-refractivity contribution in [2.24, 2.45) is 4.99 Å². The average Bonchev–Trinajstić information content (AvgIpc) is 2.90. The Hall–Kier alpha value is -3.53. The largest absolute Gasteiger partial charge is 0.372 e. The highest BCUT2D eigenvalue weighted by Crippen LogP contribution is 2.22. The van der Waals surface area contributed by atoms with Gasteiger partial charge in [-0.25, -0.2) is 4.99 Å². The number of nitrogens with one attached hydrogen (secondary N) is 1. The number of aliphatic imine (C=N–C) groups is 1. The van der Waals surface area contributed by atoms with Crippen molar-refractivity contribution in [2.45, 2.75) is 47.0 Å². The van der Waals surface area contributed by atoms with Crippen LogP contribution in [0.4, 0.5) is 0 Å². The van der Waals surface area contributed by atoms with E-state index in [4.69, 9.17) is 0 Å². The molecule has 0 aliphatic carbocycles. The summed E-state index contributed by atoms with van der Waals surface area (Å²) in [7, 11) is 0. The number of hydrogen-bond donors (Lipinski definition) is 1. The number of hydrogen-bond acceptors (Lipinski definition) is 3. The van der Waals surface area contributed by atoms with Crippen LogP contribution in [0.2, 0.25) is 0 Å². The molecule has 0 spiro atoms. The summed E-state index contributed by atoms with van der Waals surface area (Å²) in [6.07, 6.45) is 4.94. The van der Waals surface area contributed by atoms with Crippen LogP contribution in [0.3, 0.4) is 0 Å². The molecule has 1 aliphatic rings. The molecule has 0 radical (unpaired) electrons. The number of rotatable bonds is 10. The Balaban J connectivity index is 1.51. The number of aryl methyl sites for hydroxylation is 2. The van der Waals surface area contributed by atoms with Crippen molar-refractivity contribution < 1.29 is 0 Å². The lowest BCUT2D eigenvalue weighted by Crippen LogP contribution is -2.44. The fraction of sp³-hybridized carbons (Fsp3) is 0.344. The fourth-order valence-corrected chi connectivity index (χ4v) is 4.32. The summed E-state index contributed by atoms with van der Waals surface area (Å²) in [6, 6.07) is 17.3. The normalized spacial score (nSPS) is 14.6. The molecule has 0 saturated carbocycles. The van der Waals surface area contributed by atoms with E-state index in [1.54, 1.807) is 0 Å². The molecule has 0 bridgehead atoms. The number of amidine groups is 1. The van der Waals surface area contributed by atoms with E-state index >= 15 is 0 Å². The molecule has 190 valence electrons. The lowest BCUT2D eigenvalue weighted by atomic mass is 10.0. The Morgan fingerprint density at radius 1 is 0.889 bits per heavy atom. The van der Waals surface area contributed by atoms with Gasteiger partial charge in [-0.05, 0) is 68.4 Å². The third-order valence-electron chi connectivity index (χ3n) is 6.79. The van der Waals surface area contributed by atoms with Crippen LogP contribution in [-0.4, -0.2) is 41.8 Å². The summed E-state index contributed by atoms with van der Waals surface area (Å²) in [5.41, 5.74) is 9.31. The molecule has 1 fully saturated rings. The van der Waals surface area contributed by atoms with Gasteiger partial charge in [0.2, 0.25) is 0 Å². The van der Waals surface area contributed by atoms with Crippen molar-refractivity contribution >= 4 is 17.2 Å². The maximum atomic E-state index is 4.61. The number of allylic oxidation sites excluding steroid dienone is 2. The minimum Gasteiger partial charge on any atom is -0.372 e. The van der Waals surface area contributed by atoms with Gasteiger partial charge in [-0.1, -0.05) is 74.7 Å². The molecule has 1 heterocycles. The van der Waals surface area contributed by atoms with Crippen molar-refractivity contribution in [1.29, 1.82) is 0 Å². The van der Waals surface area contributed by atoms with Crippen LogP contribution in [0.1, 0.15) is 56.4 Å². The molecule has 0 aromatic heterocycles. The maximum absolute atomic E-state index is 4.61. The zero-order valence-electron chi connectivity index (χ0n) is 22.6. The van der Waals surface area contributed by atoms with Gasteiger partial charge in [-0.2, -0.15) is 0 Å². The Bertz CT molecular complexity index is 1130. The van der Waals surface area contributed by atoms with Crippen LogP contribution < -0.4 is 5.32 Å². The Kier molecular flexibility index (Phi) is 9.75. The molecule has 1 aliphatic heterocycles. The van der Waals surface area contributed by atoms with E-state index in [0.29, 0.717) is 0 Å². The summed E-state index contributed by atoms with van der Waals surface area (Å²) in [5.74, 6) is 0.837. The van der Waals surface area contributed by atoms with Gasteiger partial charge in [0.25, 0.3) is 0 Å². The second kappa shape index (κ2) is 13.0. The molecule has 2 aromatic rings. The number of nitrogens with zero attached hydrogens (tertiary/aromatic N) is 3. The van der Waals surface area contributed by atoms with Crippen LogP contribution in [0.15, 0.2) is 90.7 Å². The zero-order valence-corrected chi connectivity index (χ0v) is 22.6. The van der Waals surface area contributed by atoms with E-state index in [2.05, 4.69) is 109 Å². The van der Waals surface area contributed by atoms with Crippen LogP contribution >= 0.6 is 0 Å². The second-order valence-corrected chi connectivity index (χ2v) is 9.70. The lowest BCUT2D eigenvalue weighted by molar-refractivity contribution is 0.215. The molecule has 36 heavy (non-hydrogen) atoms. The van der Waals surface area contributed by atoms with E-state index in [1.165, 1.54) is 22.3 Å². The minimum absolute atomic E-state index is 0.837. The predicted octanol–water partition coefficient (Wildman–Crippen LogP) is 6.89. The monoisotopic (exact) mass is 482 g/mol. The first-order valence-corrected chi connectivity index (χ1v) is 13.0. The third-order valence-corrected chi connectivity index (χ3v) is 6.79. The molecule has 1 N–H and O–H groups in total. The highest BCUT2D eigenvalue weighted by Gasteiger charge is 2.18. The SMILES string of the molecule is C=C(NC(C)=N/C=C(\C)CCc1cccc(C(=C)N2CCN(C(=C)C)CC2)c1)c1ccc(CC)cc1. The van der Waals surface area contributed by atoms with E-state index in [9.17, 15) is 0 Å². The molecule has 1 saturated heterocycles. The lowest BCUT2D eigenvalue weighted by Gasteiger charge is -2.38. The topological polar surface area (TPSA) is 30.9 Å². The van der Waals surface area contributed by atoms with Gasteiger partial charge in [0.1, 0.15) is 5.84 Å². The summed E-state index contributed by atoms with van der Waals surface area (Å²) in [5, 5.41) is 3.31. The average molecular weight is 483 g/mol. The predicted molar refractivity (Wildman–Crippen MR) is 157 cm³/mol. The highest BCUT2D eigenvalue weighted by molar-refractivity contribution is 5.88. The molecule has 0 atom stereocenters. The molecule has 4 nitrogen and oxygen atoms in total. The molecular weight excluding hydrogens is 440 g/mol. The number of benzene rings is 2. The van der Waals surface area contributed by atoms with Gasteiger partial charge in [0.15, 0.2) is 0 Å². The van der Waals surface area contributed by atoms with Gasteiger partial charge in [0.05, 0.1) is 0 Å². The van der Waals surface area contributed by atoms with E-state index in [-0.39, 0.29) is 0 Å². The Morgan fingerprint density at radius 3 is 2.19 bits per heavy atom. The van der Waals surface area contributed by atoms with Gasteiger partial charge < -0.3 is 15.1 Å². The maximum Gasteiger partial charge on any atom is 0.103 e. The van der Waals surface area contributed by atoms with Gasteiger partial charge in [-0.3, -0.25) is 0 Å². The van der Waals surface area contributed by atoms with Gasteiger partial charge in [0, 0.05) is 49.5 Å². The summed E-state index contributed by atoms with van der Waals surface area (Å²) < 4.78 is 0. The van der Waals surface area contributed by atoms with Crippen molar-refractivity contribution in [1.82, 2.24) is 15.1 Å². The van der Waals surface area contributed by atoms with Crippen molar-refractivity contribution in [3.63, 3.8) is 0 Å². The molecule has 0 amide bonds. The van der Waals surface area contributed by atoms with Crippen LogP contribution in [0, 0.1) is 0 Å². The Labute approximate surface area is 218 Å². The van der Waals surface area contributed by atoms with Crippen molar-refractivity contribution in [3.8, 4) is 0 Å². The molecule has 0 unspecified atom stereocenters. The van der Waals surface area contributed by atoms with E-state index < -0.39 is 0 Å². The van der Waals surface area contributed by atoms with E-state index in [1.807, 2.05) is 13.1 Å². The van der Waals surface area contributed by atoms with Crippen molar-refractivity contribution in [3.05, 3.63) is 108 Å². The summed E-state index contributed by atoms with van der Waals surface area (Å²) >= 11 is 0. The smallest absolute Gasteiger partial charge is 0.103 e. The first kappa shape index (κ1) is 27.1. The quantitative estimate of drug-likeness (QED) is 0.296. The van der Waals surface area contributed by atoms with E-state index in [0.717, 1.165) is 73.9 Å². The van der Waals surface area contributed by atoms with Crippen LogP contribution in [0.25, 0.3) is 11.4 Å². The molecule has 2 aromatic carbocycles. The summed E-state index contributed by atoms with van der Waals surface area (Å²) in [4.78, 5) is 9.34. The second-order valence-electron chi connectivity index (χ2n) is 9.70. The van der Waals surface area contributed by atoms with Gasteiger partial charge in [-0.15, -0.1) is 0 Å². The summed E-state index contributed by atoms with van der Waals surface area (Å²) in [6.45, 7) is 25.0. The first-order chi connectivity index (χ1) is 17.3. The van der Waals surface area contributed by atoms with Crippen LogP contribution in [0.5, 0.6) is 0 Å². The Morgan fingerprint density at radius 2 is 1.56 bits per heavy atom. The number of piperazine rings is 1. The van der Waals surface area contributed by atoms with Crippen molar-refractivity contribution in [2.75, 3.05) is 26.2 Å². The zero-order chi connectivity index (χ0) is 26.1. The molecule has 4 heteroatoms.